The number of carbonyl (C=O) groups excluding carboxylic acids is 1. The molecule has 0 saturated heterocycles. The lowest BCUT2D eigenvalue weighted by molar-refractivity contribution is -0.113. The Morgan fingerprint density at radius 1 is 0.931 bits per heavy atom. The normalized spacial score (nSPS) is 14.9. The van der Waals surface area contributed by atoms with Crippen molar-refractivity contribution in [1.29, 1.82) is 0 Å². The molecular weight excluding hydrogens is 386 g/mol. The minimum Gasteiger partial charge on any atom is -0.478 e. The highest BCUT2D eigenvalue weighted by Gasteiger charge is 2.30. The molecule has 1 amide bonds. The summed E-state index contributed by atoms with van der Waals surface area (Å²) < 4.78 is 0. The molecular formula is C24H16ClNO3. The number of rotatable bonds is 4. The molecule has 0 atom stereocenters. The first kappa shape index (κ1) is 18.7. The second-order valence-corrected chi connectivity index (χ2v) is 6.98. The lowest BCUT2D eigenvalue weighted by Crippen LogP contribution is -2.25. The van der Waals surface area contributed by atoms with Gasteiger partial charge in [0.15, 0.2) is 0 Å². The molecule has 1 N–H and O–H groups in total. The molecule has 0 radical (unpaired) electrons. The van der Waals surface area contributed by atoms with Crippen molar-refractivity contribution in [2.75, 3.05) is 4.90 Å². The van der Waals surface area contributed by atoms with E-state index in [4.69, 9.17) is 11.6 Å². The molecule has 0 aromatic heterocycles. The summed E-state index contributed by atoms with van der Waals surface area (Å²) in [6.07, 6.45) is 3.61. The fourth-order valence-corrected chi connectivity index (χ4v) is 3.34. The van der Waals surface area contributed by atoms with E-state index in [9.17, 15) is 14.7 Å². The number of nitrogens with zero attached hydrogens (tertiary/aromatic N) is 1. The number of aromatic carboxylic acids is 1. The summed E-state index contributed by atoms with van der Waals surface area (Å²) in [6.45, 7) is 0. The first-order valence-electron chi connectivity index (χ1n) is 8.95. The molecule has 29 heavy (non-hydrogen) atoms. The predicted molar refractivity (Wildman–Crippen MR) is 115 cm³/mol. The Morgan fingerprint density at radius 2 is 1.66 bits per heavy atom. The van der Waals surface area contributed by atoms with Crippen LogP contribution in [0.5, 0.6) is 0 Å². The summed E-state index contributed by atoms with van der Waals surface area (Å²) in [5.41, 5.74) is 3.54. The van der Waals surface area contributed by atoms with Crippen LogP contribution < -0.4 is 4.90 Å². The Labute approximate surface area is 173 Å². The number of benzene rings is 3. The molecule has 0 fully saturated rings. The lowest BCUT2D eigenvalue weighted by atomic mass is 10.1. The van der Waals surface area contributed by atoms with E-state index in [1.807, 2.05) is 48.5 Å². The molecule has 1 heterocycles. The van der Waals surface area contributed by atoms with Gasteiger partial charge in [0.05, 0.1) is 16.9 Å². The Bertz CT molecular complexity index is 1150. The second kappa shape index (κ2) is 7.78. The number of amides is 1. The summed E-state index contributed by atoms with van der Waals surface area (Å²) >= 11 is 5.95. The Hall–Kier alpha value is -3.63. The number of halogens is 1. The first-order valence-corrected chi connectivity index (χ1v) is 9.33. The zero-order valence-corrected chi connectivity index (χ0v) is 16.0. The zero-order chi connectivity index (χ0) is 20.4. The van der Waals surface area contributed by atoms with Crippen molar-refractivity contribution in [3.8, 4) is 0 Å². The van der Waals surface area contributed by atoms with Crippen LogP contribution in [0.2, 0.25) is 5.02 Å². The maximum atomic E-state index is 13.3. The van der Waals surface area contributed by atoms with Crippen LogP contribution in [-0.2, 0) is 4.79 Å². The molecule has 142 valence electrons. The maximum Gasteiger partial charge on any atom is 0.335 e. The van der Waals surface area contributed by atoms with Crippen LogP contribution in [0, 0.1) is 0 Å². The van der Waals surface area contributed by atoms with Crippen LogP contribution >= 0.6 is 11.6 Å². The van der Waals surface area contributed by atoms with Crippen molar-refractivity contribution >= 4 is 40.9 Å². The molecule has 0 spiro atoms. The third kappa shape index (κ3) is 3.84. The Kier molecular flexibility index (Phi) is 5.02. The molecule has 4 rings (SSSR count). The highest BCUT2D eigenvalue weighted by atomic mass is 35.5. The molecule has 0 saturated carbocycles. The van der Waals surface area contributed by atoms with Crippen molar-refractivity contribution in [2.24, 2.45) is 0 Å². The fraction of sp³-hybridized carbons (Fsp3) is 0. The summed E-state index contributed by atoms with van der Waals surface area (Å²) in [5.74, 6) is -1.26. The van der Waals surface area contributed by atoms with Gasteiger partial charge in [-0.1, -0.05) is 60.1 Å². The van der Waals surface area contributed by atoms with E-state index in [0.717, 1.165) is 11.1 Å². The van der Waals surface area contributed by atoms with Crippen LogP contribution in [0.15, 0.2) is 90.5 Å². The number of hydrogen-bond acceptors (Lipinski definition) is 2. The number of anilines is 1. The van der Waals surface area contributed by atoms with Crippen LogP contribution in [0.4, 0.5) is 5.69 Å². The van der Waals surface area contributed by atoms with Crippen molar-refractivity contribution in [3.63, 3.8) is 0 Å². The van der Waals surface area contributed by atoms with E-state index in [2.05, 4.69) is 0 Å². The molecule has 0 aliphatic carbocycles. The molecule has 3 aromatic carbocycles. The van der Waals surface area contributed by atoms with Gasteiger partial charge in [0, 0.05) is 10.6 Å². The highest BCUT2D eigenvalue weighted by molar-refractivity contribution is 6.30. The average molecular weight is 402 g/mol. The smallest absolute Gasteiger partial charge is 0.335 e. The van der Waals surface area contributed by atoms with Gasteiger partial charge in [0.25, 0.3) is 5.91 Å². The third-order valence-corrected chi connectivity index (χ3v) is 4.85. The van der Waals surface area contributed by atoms with Gasteiger partial charge in [-0.25, -0.2) is 4.79 Å². The summed E-state index contributed by atoms with van der Waals surface area (Å²) in [4.78, 5) is 26.2. The number of carboxylic acids is 1. The van der Waals surface area contributed by atoms with E-state index >= 15 is 0 Å². The van der Waals surface area contributed by atoms with E-state index in [1.54, 1.807) is 35.2 Å². The van der Waals surface area contributed by atoms with E-state index in [0.29, 0.717) is 22.0 Å². The van der Waals surface area contributed by atoms with Gasteiger partial charge in [0.2, 0.25) is 0 Å². The zero-order valence-electron chi connectivity index (χ0n) is 15.2. The number of carboxylic acid groups (broad SMARTS) is 1. The molecule has 0 bridgehead atoms. The van der Waals surface area contributed by atoms with Gasteiger partial charge in [-0.15, -0.1) is 0 Å². The summed E-state index contributed by atoms with van der Waals surface area (Å²) in [6, 6.07) is 23.1. The van der Waals surface area contributed by atoms with Crippen molar-refractivity contribution in [2.45, 2.75) is 0 Å². The van der Waals surface area contributed by atoms with Crippen molar-refractivity contribution < 1.29 is 14.7 Å². The minimum absolute atomic E-state index is 0.123. The number of hydrogen-bond donors (Lipinski definition) is 1. The lowest BCUT2D eigenvalue weighted by Gasteiger charge is -2.21. The average Bonchev–Trinajstić information content (AvgIpc) is 3.06. The van der Waals surface area contributed by atoms with Gasteiger partial charge in [-0.2, -0.15) is 0 Å². The van der Waals surface area contributed by atoms with Gasteiger partial charge in [-0.3, -0.25) is 9.69 Å². The first-order chi connectivity index (χ1) is 14.0. The Balaban J connectivity index is 1.82. The monoisotopic (exact) mass is 401 g/mol. The minimum atomic E-state index is -1.04. The van der Waals surface area contributed by atoms with Gasteiger partial charge >= 0.3 is 5.97 Å². The maximum absolute atomic E-state index is 13.3. The topological polar surface area (TPSA) is 57.6 Å². The molecule has 1 aliphatic rings. The largest absolute Gasteiger partial charge is 0.478 e. The van der Waals surface area contributed by atoms with Crippen molar-refractivity contribution in [1.82, 2.24) is 0 Å². The van der Waals surface area contributed by atoms with E-state index in [-0.39, 0.29) is 11.5 Å². The second-order valence-electron chi connectivity index (χ2n) is 6.54. The highest BCUT2D eigenvalue weighted by Crippen LogP contribution is 2.35. The van der Waals surface area contributed by atoms with Crippen molar-refractivity contribution in [3.05, 3.63) is 112 Å². The Morgan fingerprint density at radius 3 is 2.34 bits per heavy atom. The van der Waals surface area contributed by atoms with Crippen LogP contribution in [0.3, 0.4) is 0 Å². The molecule has 5 heteroatoms. The number of carbonyl (C=O) groups is 2. The summed E-state index contributed by atoms with van der Waals surface area (Å²) in [5, 5.41) is 9.95. The predicted octanol–water partition coefficient (Wildman–Crippen LogP) is 5.51. The quantitative estimate of drug-likeness (QED) is 0.586. The van der Waals surface area contributed by atoms with Gasteiger partial charge in [0.1, 0.15) is 0 Å². The van der Waals surface area contributed by atoms with Crippen LogP contribution in [-0.4, -0.2) is 17.0 Å². The molecule has 1 aliphatic heterocycles. The van der Waals surface area contributed by atoms with Crippen LogP contribution in [0.25, 0.3) is 11.8 Å². The molecule has 4 nitrogen and oxygen atoms in total. The van der Waals surface area contributed by atoms with E-state index in [1.165, 1.54) is 12.1 Å². The van der Waals surface area contributed by atoms with Gasteiger partial charge < -0.3 is 5.11 Å². The standard InChI is InChI=1S/C24H16ClNO3/c25-20-11-9-16(10-12-20)13-19-15-22(17-5-2-1-3-6-17)26(23(19)27)21-8-4-7-18(14-21)24(28)29/h1-15H,(H,28,29)/b19-13-. The molecule has 3 aromatic rings. The summed E-state index contributed by atoms with van der Waals surface area (Å²) in [7, 11) is 0. The SMILES string of the molecule is O=C(O)c1cccc(N2C(=O)/C(=C\c3ccc(Cl)cc3)C=C2c2ccccc2)c1. The van der Waals surface area contributed by atoms with Crippen LogP contribution in [0.1, 0.15) is 21.5 Å². The fourth-order valence-electron chi connectivity index (χ4n) is 3.21. The van der Waals surface area contributed by atoms with Gasteiger partial charge in [-0.05, 0) is 53.6 Å². The molecule has 0 unspecified atom stereocenters. The third-order valence-electron chi connectivity index (χ3n) is 4.60. The van der Waals surface area contributed by atoms with E-state index < -0.39 is 5.97 Å².